The zero-order valence-electron chi connectivity index (χ0n) is 13.7. The average molecular weight is 303 g/mol. The summed E-state index contributed by atoms with van der Waals surface area (Å²) in [5.74, 6) is 4.95. The van der Waals surface area contributed by atoms with E-state index in [1.165, 1.54) is 12.1 Å². The maximum atomic E-state index is 13.2. The summed E-state index contributed by atoms with van der Waals surface area (Å²) in [6, 6.07) is 3.45. The number of halogens is 2. The summed E-state index contributed by atoms with van der Waals surface area (Å²) in [6.45, 7) is 11.3. The maximum absolute atomic E-state index is 13.2. The van der Waals surface area contributed by atoms with E-state index in [-0.39, 0.29) is 5.41 Å². The molecule has 1 aromatic rings. The van der Waals surface area contributed by atoms with Gasteiger partial charge in [0, 0.05) is 24.6 Å². The van der Waals surface area contributed by atoms with Crippen molar-refractivity contribution < 1.29 is 8.78 Å². The van der Waals surface area contributed by atoms with E-state index in [0.717, 1.165) is 6.07 Å². The van der Waals surface area contributed by atoms with E-state index in [9.17, 15) is 8.78 Å². The minimum Gasteiger partial charge on any atom is -0.298 e. The maximum Gasteiger partial charge on any atom is 0.126 e. The highest BCUT2D eigenvalue weighted by Gasteiger charge is 2.06. The largest absolute Gasteiger partial charge is 0.298 e. The molecule has 0 aliphatic carbocycles. The van der Waals surface area contributed by atoms with E-state index in [0.29, 0.717) is 24.2 Å². The number of hydrogen-bond donors (Lipinski definition) is 0. The van der Waals surface area contributed by atoms with Gasteiger partial charge in [-0.15, -0.1) is 0 Å². The predicted molar refractivity (Wildman–Crippen MR) is 89.3 cm³/mol. The van der Waals surface area contributed by atoms with Crippen molar-refractivity contribution in [3.8, 4) is 11.8 Å². The van der Waals surface area contributed by atoms with Crippen LogP contribution in [0, 0.1) is 28.9 Å². The smallest absolute Gasteiger partial charge is 0.126 e. The summed E-state index contributed by atoms with van der Waals surface area (Å²) in [5, 5.41) is 0. The second-order valence-electron chi connectivity index (χ2n) is 6.38. The molecule has 0 aromatic heterocycles. The summed E-state index contributed by atoms with van der Waals surface area (Å²) in [5.41, 5.74) is 1.15. The van der Waals surface area contributed by atoms with E-state index in [4.69, 9.17) is 0 Å². The Bertz CT molecular complexity index is 592. The Morgan fingerprint density at radius 2 is 1.82 bits per heavy atom. The molecule has 3 heteroatoms. The molecular formula is C19H23F2N. The first-order chi connectivity index (χ1) is 10.2. The van der Waals surface area contributed by atoms with Gasteiger partial charge in [-0.2, -0.15) is 0 Å². The zero-order valence-corrected chi connectivity index (χ0v) is 13.7. The lowest BCUT2D eigenvalue weighted by Gasteiger charge is -2.16. The van der Waals surface area contributed by atoms with Gasteiger partial charge in [-0.1, -0.05) is 24.5 Å². The van der Waals surface area contributed by atoms with Crippen LogP contribution >= 0.6 is 0 Å². The van der Waals surface area contributed by atoms with Crippen molar-refractivity contribution >= 4 is 5.57 Å². The minimum atomic E-state index is -0.587. The molecule has 0 radical (unpaired) electrons. The highest BCUT2D eigenvalue weighted by atomic mass is 19.1. The summed E-state index contributed by atoms with van der Waals surface area (Å²) in [4.78, 5) is 2.00. The fourth-order valence-electron chi connectivity index (χ4n) is 1.79. The van der Waals surface area contributed by atoms with Crippen molar-refractivity contribution in [3.05, 3.63) is 54.1 Å². The van der Waals surface area contributed by atoms with Crippen molar-refractivity contribution in [2.45, 2.75) is 20.8 Å². The molecule has 118 valence electrons. The lowest BCUT2D eigenvalue weighted by atomic mass is 9.98. The van der Waals surface area contributed by atoms with Crippen LogP contribution in [-0.2, 0) is 0 Å². The Morgan fingerprint density at radius 3 is 2.36 bits per heavy atom. The lowest BCUT2D eigenvalue weighted by molar-refractivity contribution is 0.418. The van der Waals surface area contributed by atoms with Gasteiger partial charge in [0.2, 0.25) is 0 Å². The van der Waals surface area contributed by atoms with Crippen molar-refractivity contribution in [2.24, 2.45) is 5.41 Å². The predicted octanol–water partition coefficient (Wildman–Crippen LogP) is 4.52. The second-order valence-corrected chi connectivity index (χ2v) is 6.38. The fraction of sp³-hybridized carbons (Fsp3) is 0.368. The van der Waals surface area contributed by atoms with Crippen LogP contribution in [0.25, 0.3) is 5.57 Å². The molecule has 0 spiro atoms. The lowest BCUT2D eigenvalue weighted by Crippen LogP contribution is -2.20. The van der Waals surface area contributed by atoms with Crippen molar-refractivity contribution in [1.82, 2.24) is 4.90 Å². The van der Waals surface area contributed by atoms with Crippen LogP contribution in [0.4, 0.5) is 8.78 Å². The van der Waals surface area contributed by atoms with Gasteiger partial charge < -0.3 is 0 Å². The van der Waals surface area contributed by atoms with E-state index in [1.807, 2.05) is 24.1 Å². The summed E-state index contributed by atoms with van der Waals surface area (Å²) < 4.78 is 26.4. The number of benzene rings is 1. The number of allylic oxidation sites excluding steroid dienone is 1. The zero-order chi connectivity index (χ0) is 16.8. The van der Waals surface area contributed by atoms with E-state index in [1.54, 1.807) is 0 Å². The molecule has 22 heavy (non-hydrogen) atoms. The minimum absolute atomic E-state index is 0.00795. The molecular weight excluding hydrogens is 280 g/mol. The van der Waals surface area contributed by atoms with Crippen LogP contribution in [0.5, 0.6) is 0 Å². The van der Waals surface area contributed by atoms with Crippen molar-refractivity contribution in [2.75, 3.05) is 20.1 Å². The van der Waals surface area contributed by atoms with Crippen LogP contribution in [0.15, 0.2) is 36.9 Å². The Balaban J connectivity index is 2.54. The molecule has 0 amide bonds. The van der Waals surface area contributed by atoms with Crippen LogP contribution in [-0.4, -0.2) is 25.0 Å². The van der Waals surface area contributed by atoms with E-state index in [2.05, 4.69) is 39.2 Å². The quantitative estimate of drug-likeness (QED) is 0.723. The molecule has 1 aromatic carbocycles. The van der Waals surface area contributed by atoms with Gasteiger partial charge in [0.1, 0.15) is 11.6 Å². The first-order valence-corrected chi connectivity index (χ1v) is 7.18. The first-order valence-electron chi connectivity index (χ1n) is 7.18. The van der Waals surface area contributed by atoms with Gasteiger partial charge in [0.15, 0.2) is 0 Å². The second kappa shape index (κ2) is 7.91. The normalized spacial score (nSPS) is 11.6. The standard InChI is InChI=1S/C19H23F2N/c1-15(16-11-17(20)13-18(21)12-16)14-22(5)10-8-6-7-9-19(2,3)4/h6,8,11-13H,1,10,14H2,2-5H3. The van der Waals surface area contributed by atoms with Gasteiger partial charge in [-0.3, -0.25) is 4.90 Å². The number of likely N-dealkylation sites (N-methyl/N-ethyl adjacent to an activating group) is 1. The monoisotopic (exact) mass is 303 g/mol. The Labute approximate surface area is 132 Å². The van der Waals surface area contributed by atoms with Gasteiger partial charge in [0.05, 0.1) is 0 Å². The van der Waals surface area contributed by atoms with Crippen LogP contribution < -0.4 is 0 Å². The first kappa shape index (κ1) is 18.1. The molecule has 0 aliphatic rings. The molecule has 0 atom stereocenters. The van der Waals surface area contributed by atoms with Crippen LogP contribution in [0.1, 0.15) is 26.3 Å². The highest BCUT2D eigenvalue weighted by molar-refractivity contribution is 5.64. The summed E-state index contributed by atoms with van der Waals surface area (Å²) >= 11 is 0. The molecule has 0 N–H and O–H groups in total. The number of nitrogens with zero attached hydrogens (tertiary/aromatic N) is 1. The molecule has 0 aliphatic heterocycles. The average Bonchev–Trinajstić information content (AvgIpc) is 2.35. The van der Waals surface area contributed by atoms with Crippen molar-refractivity contribution in [3.63, 3.8) is 0 Å². The van der Waals surface area contributed by atoms with Crippen LogP contribution in [0.2, 0.25) is 0 Å². The molecule has 1 nitrogen and oxygen atoms in total. The molecule has 0 saturated heterocycles. The molecule has 0 heterocycles. The Morgan fingerprint density at radius 1 is 1.23 bits per heavy atom. The van der Waals surface area contributed by atoms with Gasteiger partial charge >= 0.3 is 0 Å². The number of hydrogen-bond acceptors (Lipinski definition) is 1. The topological polar surface area (TPSA) is 3.24 Å². The Kier molecular flexibility index (Phi) is 6.52. The van der Waals surface area contributed by atoms with Crippen molar-refractivity contribution in [1.29, 1.82) is 0 Å². The molecule has 1 rings (SSSR count). The summed E-state index contributed by atoms with van der Waals surface area (Å²) in [7, 11) is 1.92. The van der Waals surface area contributed by atoms with Crippen LogP contribution in [0.3, 0.4) is 0 Å². The third kappa shape index (κ3) is 7.19. The molecule has 0 saturated carbocycles. The Hall–Kier alpha value is -1.92. The van der Waals surface area contributed by atoms with E-state index < -0.39 is 11.6 Å². The molecule has 0 fully saturated rings. The van der Waals surface area contributed by atoms with Gasteiger partial charge in [-0.05, 0) is 57.2 Å². The van der Waals surface area contributed by atoms with E-state index >= 15 is 0 Å². The number of rotatable bonds is 5. The van der Waals surface area contributed by atoms with Gasteiger partial charge in [-0.25, -0.2) is 8.78 Å². The molecule has 0 bridgehead atoms. The summed E-state index contributed by atoms with van der Waals surface area (Å²) in [6.07, 6.45) is 3.78. The SMILES string of the molecule is C=C(CN(C)CC=CC#CC(C)(C)C)c1cc(F)cc(F)c1. The highest BCUT2D eigenvalue weighted by Crippen LogP contribution is 2.16. The fourth-order valence-corrected chi connectivity index (χ4v) is 1.79. The molecule has 0 unspecified atom stereocenters. The third-order valence-electron chi connectivity index (χ3n) is 2.80. The van der Waals surface area contributed by atoms with Gasteiger partial charge in [0.25, 0.3) is 0 Å². The third-order valence-corrected chi connectivity index (χ3v) is 2.80.